The minimum Gasteiger partial charge on any atom is -0.396 e. The molecule has 6 heteroatoms. The van der Waals surface area contributed by atoms with Crippen LogP contribution in [-0.2, 0) is 9.84 Å². The van der Waals surface area contributed by atoms with Gasteiger partial charge in [-0.3, -0.25) is 0 Å². The van der Waals surface area contributed by atoms with E-state index in [9.17, 15) is 8.42 Å². The van der Waals surface area contributed by atoms with Crippen LogP contribution >= 0.6 is 15.9 Å². The maximum absolute atomic E-state index is 12.3. The zero-order valence-corrected chi connectivity index (χ0v) is 13.4. The summed E-state index contributed by atoms with van der Waals surface area (Å²) >= 11 is 3.28. The van der Waals surface area contributed by atoms with Crippen LogP contribution in [-0.4, -0.2) is 38.5 Å². The lowest BCUT2D eigenvalue weighted by atomic mass is 10.2. The molecule has 1 atom stereocenters. The molecule has 0 fully saturated rings. The van der Waals surface area contributed by atoms with Crippen molar-refractivity contribution in [2.45, 2.75) is 30.7 Å². The third-order valence-corrected chi connectivity index (χ3v) is 5.11. The van der Waals surface area contributed by atoms with Crippen LogP contribution in [0.4, 0.5) is 0 Å². The molecule has 0 spiro atoms. The molecule has 0 heterocycles. The second-order valence-electron chi connectivity index (χ2n) is 4.40. The van der Waals surface area contributed by atoms with Crippen molar-refractivity contribution in [1.29, 1.82) is 0 Å². The van der Waals surface area contributed by atoms with E-state index in [-0.39, 0.29) is 18.4 Å². The second kappa shape index (κ2) is 7.99. The van der Waals surface area contributed by atoms with Crippen LogP contribution in [0.15, 0.2) is 33.6 Å². The van der Waals surface area contributed by atoms with Crippen molar-refractivity contribution in [3.63, 3.8) is 0 Å². The number of nitrogens with one attached hydrogen (secondary N) is 1. The van der Waals surface area contributed by atoms with E-state index < -0.39 is 9.84 Å². The van der Waals surface area contributed by atoms with Crippen LogP contribution in [0, 0.1) is 0 Å². The molecule has 0 aliphatic heterocycles. The molecule has 4 nitrogen and oxygen atoms in total. The second-order valence-corrected chi connectivity index (χ2v) is 7.35. The molecule has 0 aliphatic carbocycles. The van der Waals surface area contributed by atoms with Gasteiger partial charge in [0.1, 0.15) is 0 Å². The predicted molar refractivity (Wildman–Crippen MR) is 80.0 cm³/mol. The predicted octanol–water partition coefficient (Wildman–Crippen LogP) is 1.97. The molecule has 1 unspecified atom stereocenters. The molecule has 0 saturated heterocycles. The highest BCUT2D eigenvalue weighted by Crippen LogP contribution is 2.17. The number of aliphatic hydroxyl groups is 1. The number of hydrogen-bond donors (Lipinski definition) is 2. The fourth-order valence-electron chi connectivity index (χ4n) is 1.75. The standard InChI is InChI=1S/C13H20BrNO3S/c1-2-8-15-12(7-9-16)10-19(17,18)13-5-3-11(14)4-6-13/h3-6,12,15-16H,2,7-10H2,1H3. The molecule has 2 N–H and O–H groups in total. The van der Waals surface area contributed by atoms with Gasteiger partial charge in [-0.15, -0.1) is 0 Å². The Bertz CT molecular complexity index is 473. The highest BCUT2D eigenvalue weighted by Gasteiger charge is 2.20. The molecule has 0 saturated carbocycles. The lowest BCUT2D eigenvalue weighted by Gasteiger charge is -2.17. The summed E-state index contributed by atoms with van der Waals surface area (Å²) < 4.78 is 25.4. The molecule has 1 aromatic carbocycles. The summed E-state index contributed by atoms with van der Waals surface area (Å²) in [4.78, 5) is 0.317. The number of hydrogen-bond acceptors (Lipinski definition) is 4. The molecule has 0 bridgehead atoms. The summed E-state index contributed by atoms with van der Waals surface area (Å²) in [5.41, 5.74) is 0. The average molecular weight is 350 g/mol. The van der Waals surface area contributed by atoms with Crippen LogP contribution in [0.2, 0.25) is 0 Å². The van der Waals surface area contributed by atoms with E-state index in [0.29, 0.717) is 11.3 Å². The largest absolute Gasteiger partial charge is 0.396 e. The number of sulfone groups is 1. The molecule has 0 aromatic heterocycles. The summed E-state index contributed by atoms with van der Waals surface area (Å²) in [6, 6.07) is 6.41. The lowest BCUT2D eigenvalue weighted by molar-refractivity contribution is 0.269. The Morgan fingerprint density at radius 2 is 1.95 bits per heavy atom. The van der Waals surface area contributed by atoms with E-state index in [1.165, 1.54) is 0 Å². The smallest absolute Gasteiger partial charge is 0.179 e. The fourth-order valence-corrected chi connectivity index (χ4v) is 3.57. The topological polar surface area (TPSA) is 66.4 Å². The Morgan fingerprint density at radius 1 is 1.32 bits per heavy atom. The number of rotatable bonds is 8. The quantitative estimate of drug-likeness (QED) is 0.752. The van der Waals surface area contributed by atoms with Crippen molar-refractivity contribution < 1.29 is 13.5 Å². The first-order chi connectivity index (χ1) is 8.99. The summed E-state index contributed by atoms with van der Waals surface area (Å²) in [7, 11) is -3.32. The summed E-state index contributed by atoms with van der Waals surface area (Å²) in [5, 5.41) is 12.2. The monoisotopic (exact) mass is 349 g/mol. The van der Waals surface area contributed by atoms with Gasteiger partial charge in [-0.1, -0.05) is 22.9 Å². The van der Waals surface area contributed by atoms with E-state index >= 15 is 0 Å². The van der Waals surface area contributed by atoms with Gasteiger partial charge in [0.2, 0.25) is 0 Å². The maximum Gasteiger partial charge on any atom is 0.179 e. The fraction of sp³-hybridized carbons (Fsp3) is 0.538. The Hall–Kier alpha value is -0.430. The molecule has 0 amide bonds. The molecule has 1 rings (SSSR count). The van der Waals surface area contributed by atoms with Gasteiger partial charge in [0.25, 0.3) is 0 Å². The number of benzene rings is 1. The SMILES string of the molecule is CCCNC(CCO)CS(=O)(=O)c1ccc(Br)cc1. The van der Waals surface area contributed by atoms with Gasteiger partial charge in [0.15, 0.2) is 9.84 Å². The molecule has 1 aromatic rings. The first-order valence-electron chi connectivity index (χ1n) is 6.32. The zero-order chi connectivity index (χ0) is 14.3. The van der Waals surface area contributed by atoms with E-state index in [1.807, 2.05) is 6.92 Å². The van der Waals surface area contributed by atoms with Crippen LogP contribution in [0.5, 0.6) is 0 Å². The van der Waals surface area contributed by atoms with Crippen LogP contribution in [0.25, 0.3) is 0 Å². The molecular formula is C13H20BrNO3S. The molecule has 0 radical (unpaired) electrons. The molecule has 0 aliphatic rings. The Morgan fingerprint density at radius 3 is 2.47 bits per heavy atom. The van der Waals surface area contributed by atoms with Gasteiger partial charge in [-0.2, -0.15) is 0 Å². The Labute approximate surface area is 123 Å². The Kier molecular flexibility index (Phi) is 6.99. The summed E-state index contributed by atoms with van der Waals surface area (Å²) in [5.74, 6) is 0.00912. The number of halogens is 1. The Balaban J connectivity index is 2.78. The zero-order valence-electron chi connectivity index (χ0n) is 11.0. The van der Waals surface area contributed by atoms with Gasteiger partial charge < -0.3 is 10.4 Å². The van der Waals surface area contributed by atoms with Crippen molar-refractivity contribution in [3.8, 4) is 0 Å². The van der Waals surface area contributed by atoms with Gasteiger partial charge in [-0.05, 0) is 43.7 Å². The van der Waals surface area contributed by atoms with Gasteiger partial charge in [0, 0.05) is 17.1 Å². The minimum absolute atomic E-state index is 0.00912. The van der Waals surface area contributed by atoms with Crippen molar-refractivity contribution >= 4 is 25.8 Å². The highest BCUT2D eigenvalue weighted by atomic mass is 79.9. The third kappa shape index (κ3) is 5.60. The molecular weight excluding hydrogens is 330 g/mol. The first kappa shape index (κ1) is 16.6. The van der Waals surface area contributed by atoms with Crippen LogP contribution < -0.4 is 5.32 Å². The lowest BCUT2D eigenvalue weighted by Crippen LogP contribution is -2.37. The molecule has 108 valence electrons. The third-order valence-electron chi connectivity index (χ3n) is 2.75. The van der Waals surface area contributed by atoms with Crippen molar-refractivity contribution in [2.24, 2.45) is 0 Å². The van der Waals surface area contributed by atoms with E-state index in [2.05, 4.69) is 21.2 Å². The summed E-state index contributed by atoms with van der Waals surface area (Å²) in [6.45, 7) is 2.75. The van der Waals surface area contributed by atoms with Crippen molar-refractivity contribution in [1.82, 2.24) is 5.32 Å². The normalized spacial score (nSPS) is 13.4. The van der Waals surface area contributed by atoms with E-state index in [1.54, 1.807) is 24.3 Å². The summed E-state index contributed by atoms with van der Waals surface area (Å²) in [6.07, 6.45) is 1.37. The van der Waals surface area contributed by atoms with Gasteiger partial charge in [0.05, 0.1) is 10.6 Å². The van der Waals surface area contributed by atoms with E-state index in [0.717, 1.165) is 17.4 Å². The van der Waals surface area contributed by atoms with Crippen molar-refractivity contribution in [3.05, 3.63) is 28.7 Å². The highest BCUT2D eigenvalue weighted by molar-refractivity contribution is 9.10. The molecule has 19 heavy (non-hydrogen) atoms. The van der Waals surface area contributed by atoms with Crippen molar-refractivity contribution in [2.75, 3.05) is 18.9 Å². The van der Waals surface area contributed by atoms with Crippen LogP contribution in [0.1, 0.15) is 19.8 Å². The van der Waals surface area contributed by atoms with Crippen LogP contribution in [0.3, 0.4) is 0 Å². The first-order valence-corrected chi connectivity index (χ1v) is 8.76. The van der Waals surface area contributed by atoms with E-state index in [4.69, 9.17) is 5.11 Å². The van der Waals surface area contributed by atoms with Gasteiger partial charge in [-0.25, -0.2) is 8.42 Å². The minimum atomic E-state index is -3.32. The van der Waals surface area contributed by atoms with Gasteiger partial charge >= 0.3 is 0 Å². The number of aliphatic hydroxyl groups excluding tert-OH is 1. The average Bonchev–Trinajstić information content (AvgIpc) is 2.36. The maximum atomic E-state index is 12.3.